The van der Waals surface area contributed by atoms with E-state index in [1.54, 1.807) is 31.4 Å². The van der Waals surface area contributed by atoms with Gasteiger partial charge in [-0.3, -0.25) is 4.79 Å². The van der Waals surface area contributed by atoms with Crippen LogP contribution in [0, 0.1) is 17.8 Å². The highest BCUT2D eigenvalue weighted by atomic mass is 16.5. The SMILES string of the molecule is COc1ccc(C(NC(=O)C2C3CCCCC32)C(=O)O)cc1. The van der Waals surface area contributed by atoms with E-state index < -0.39 is 12.0 Å². The van der Waals surface area contributed by atoms with Crippen LogP contribution in [0.1, 0.15) is 37.3 Å². The first kappa shape index (κ1) is 14.9. The van der Waals surface area contributed by atoms with Crippen molar-refractivity contribution in [2.45, 2.75) is 31.7 Å². The lowest BCUT2D eigenvalue weighted by Crippen LogP contribution is -2.35. The highest BCUT2D eigenvalue weighted by molar-refractivity contribution is 5.87. The predicted octanol–water partition coefficient (Wildman–Crippen LogP) is 2.37. The summed E-state index contributed by atoms with van der Waals surface area (Å²) < 4.78 is 5.07. The molecule has 0 spiro atoms. The summed E-state index contributed by atoms with van der Waals surface area (Å²) in [6.07, 6.45) is 4.57. The molecule has 0 bridgehead atoms. The largest absolute Gasteiger partial charge is 0.497 e. The maximum atomic E-state index is 12.4. The van der Waals surface area contributed by atoms with E-state index in [0.29, 0.717) is 23.1 Å². The van der Waals surface area contributed by atoms with Gasteiger partial charge in [-0.15, -0.1) is 0 Å². The van der Waals surface area contributed by atoms with Crippen LogP contribution in [0.4, 0.5) is 0 Å². The molecule has 0 radical (unpaired) electrons. The molecular formula is C17H21NO4. The third kappa shape index (κ3) is 2.80. The molecular weight excluding hydrogens is 282 g/mol. The average Bonchev–Trinajstić information content (AvgIpc) is 3.27. The lowest BCUT2D eigenvalue weighted by atomic mass is 10.0. The second-order valence-electron chi connectivity index (χ2n) is 6.19. The Kier molecular flexibility index (Phi) is 4.05. The number of hydrogen-bond acceptors (Lipinski definition) is 3. The number of carboxylic acid groups (broad SMARTS) is 1. The monoisotopic (exact) mass is 303 g/mol. The Morgan fingerprint density at radius 1 is 1.18 bits per heavy atom. The molecule has 2 aliphatic rings. The van der Waals surface area contributed by atoms with Crippen molar-refractivity contribution in [3.8, 4) is 5.75 Å². The van der Waals surface area contributed by atoms with Crippen LogP contribution in [0.3, 0.4) is 0 Å². The molecule has 5 heteroatoms. The number of benzene rings is 1. The van der Waals surface area contributed by atoms with Crippen LogP contribution in [0.25, 0.3) is 0 Å². The fraction of sp³-hybridized carbons (Fsp3) is 0.529. The number of hydrogen-bond donors (Lipinski definition) is 2. The maximum absolute atomic E-state index is 12.4. The molecule has 22 heavy (non-hydrogen) atoms. The quantitative estimate of drug-likeness (QED) is 0.875. The van der Waals surface area contributed by atoms with Crippen LogP contribution in [0.5, 0.6) is 5.75 Å². The number of rotatable bonds is 5. The van der Waals surface area contributed by atoms with Gasteiger partial charge < -0.3 is 15.2 Å². The van der Waals surface area contributed by atoms with E-state index in [-0.39, 0.29) is 11.8 Å². The van der Waals surface area contributed by atoms with Crippen molar-refractivity contribution in [1.29, 1.82) is 0 Å². The summed E-state index contributed by atoms with van der Waals surface area (Å²) in [5, 5.41) is 12.1. The highest BCUT2D eigenvalue weighted by Gasteiger charge is 2.55. The Labute approximate surface area is 129 Å². The molecule has 1 aromatic rings. The van der Waals surface area contributed by atoms with E-state index in [1.807, 2.05) is 0 Å². The van der Waals surface area contributed by atoms with E-state index in [0.717, 1.165) is 12.8 Å². The molecule has 0 aromatic heterocycles. The van der Waals surface area contributed by atoms with Gasteiger partial charge in [-0.05, 0) is 42.4 Å². The number of carboxylic acids is 1. The van der Waals surface area contributed by atoms with Gasteiger partial charge >= 0.3 is 5.97 Å². The molecule has 0 heterocycles. The Hall–Kier alpha value is -2.04. The van der Waals surface area contributed by atoms with Gasteiger partial charge in [0.2, 0.25) is 5.91 Å². The third-order valence-corrected chi connectivity index (χ3v) is 4.94. The van der Waals surface area contributed by atoms with E-state index in [2.05, 4.69) is 5.32 Å². The summed E-state index contributed by atoms with van der Waals surface area (Å²) >= 11 is 0. The number of aliphatic carboxylic acids is 1. The molecule has 2 N–H and O–H groups in total. The Bertz CT molecular complexity index is 557. The molecule has 5 nitrogen and oxygen atoms in total. The van der Waals surface area contributed by atoms with E-state index in [4.69, 9.17) is 4.74 Å². The van der Waals surface area contributed by atoms with Crippen LogP contribution >= 0.6 is 0 Å². The molecule has 2 saturated carbocycles. The van der Waals surface area contributed by atoms with E-state index >= 15 is 0 Å². The molecule has 1 amide bonds. The smallest absolute Gasteiger partial charge is 0.330 e. The van der Waals surface area contributed by atoms with E-state index in [1.165, 1.54) is 12.8 Å². The lowest BCUT2D eigenvalue weighted by molar-refractivity contribution is -0.142. The van der Waals surface area contributed by atoms with Crippen molar-refractivity contribution in [1.82, 2.24) is 5.32 Å². The van der Waals surface area contributed by atoms with E-state index in [9.17, 15) is 14.7 Å². The van der Waals surface area contributed by atoms with Crippen molar-refractivity contribution in [3.05, 3.63) is 29.8 Å². The molecule has 3 atom stereocenters. The second-order valence-corrected chi connectivity index (χ2v) is 6.19. The minimum absolute atomic E-state index is 0.0163. The van der Waals surface area contributed by atoms with Gasteiger partial charge in [-0.25, -0.2) is 4.79 Å². The molecule has 3 unspecified atom stereocenters. The van der Waals surface area contributed by atoms with Crippen LogP contribution < -0.4 is 10.1 Å². The molecule has 3 rings (SSSR count). The zero-order valence-electron chi connectivity index (χ0n) is 12.6. The molecule has 118 valence electrons. The van der Waals surface area contributed by atoms with Crippen molar-refractivity contribution >= 4 is 11.9 Å². The summed E-state index contributed by atoms with van der Waals surface area (Å²) in [6.45, 7) is 0. The van der Waals surface area contributed by atoms with Crippen LogP contribution in [-0.4, -0.2) is 24.1 Å². The van der Waals surface area contributed by atoms with Crippen molar-refractivity contribution in [2.24, 2.45) is 17.8 Å². The highest BCUT2D eigenvalue weighted by Crippen LogP contribution is 2.55. The summed E-state index contributed by atoms with van der Waals surface area (Å²) in [5.41, 5.74) is 0.560. The number of carbonyl (C=O) groups excluding carboxylic acids is 1. The number of amides is 1. The second kappa shape index (κ2) is 5.99. The van der Waals surface area contributed by atoms with Crippen molar-refractivity contribution in [3.63, 3.8) is 0 Å². The zero-order valence-corrected chi connectivity index (χ0v) is 12.6. The van der Waals surface area contributed by atoms with Crippen LogP contribution in [-0.2, 0) is 9.59 Å². The van der Waals surface area contributed by atoms with Crippen LogP contribution in [0.15, 0.2) is 24.3 Å². The summed E-state index contributed by atoms with van der Waals surface area (Å²) in [4.78, 5) is 23.9. The zero-order chi connectivity index (χ0) is 15.7. The standard InChI is InChI=1S/C17H21NO4/c1-22-11-8-6-10(7-9-11)15(17(20)21)18-16(19)14-12-4-2-3-5-13(12)14/h6-9,12-15H,2-5H2,1H3,(H,18,19)(H,20,21). The molecule has 0 aliphatic heterocycles. The third-order valence-electron chi connectivity index (χ3n) is 4.94. The topological polar surface area (TPSA) is 75.6 Å². The first-order valence-corrected chi connectivity index (χ1v) is 7.79. The van der Waals surface area contributed by atoms with Crippen molar-refractivity contribution in [2.75, 3.05) is 7.11 Å². The summed E-state index contributed by atoms with van der Waals surface area (Å²) in [5.74, 6) is 0.468. The predicted molar refractivity (Wildman–Crippen MR) is 80.5 cm³/mol. The van der Waals surface area contributed by atoms with Gasteiger partial charge in [0.05, 0.1) is 7.11 Å². The number of ether oxygens (including phenoxy) is 1. The average molecular weight is 303 g/mol. The minimum Gasteiger partial charge on any atom is -0.497 e. The summed E-state index contributed by atoms with van der Waals surface area (Å²) in [7, 11) is 1.56. The van der Waals surface area contributed by atoms with Crippen LogP contribution in [0.2, 0.25) is 0 Å². The normalized spacial score (nSPS) is 27.4. The number of nitrogens with one attached hydrogen (secondary N) is 1. The van der Waals surface area contributed by atoms with Gasteiger partial charge in [0.1, 0.15) is 5.75 Å². The number of carbonyl (C=O) groups is 2. The first-order chi connectivity index (χ1) is 10.6. The fourth-order valence-electron chi connectivity index (χ4n) is 3.70. The van der Waals surface area contributed by atoms with Gasteiger partial charge in [0, 0.05) is 5.92 Å². The lowest BCUT2D eigenvalue weighted by Gasteiger charge is -2.15. The van der Waals surface area contributed by atoms with Crippen molar-refractivity contribution < 1.29 is 19.4 Å². The Balaban J connectivity index is 1.69. The molecule has 2 fully saturated rings. The number of fused-ring (bicyclic) bond motifs is 1. The Morgan fingerprint density at radius 2 is 1.77 bits per heavy atom. The Morgan fingerprint density at radius 3 is 2.27 bits per heavy atom. The first-order valence-electron chi connectivity index (χ1n) is 7.79. The van der Waals surface area contributed by atoms with Gasteiger partial charge in [-0.2, -0.15) is 0 Å². The molecule has 1 aromatic carbocycles. The number of methoxy groups -OCH3 is 1. The maximum Gasteiger partial charge on any atom is 0.330 e. The molecule has 0 saturated heterocycles. The minimum atomic E-state index is -1.04. The van der Waals surface area contributed by atoms with Gasteiger partial charge in [0.25, 0.3) is 0 Å². The fourth-order valence-corrected chi connectivity index (χ4v) is 3.70. The summed E-state index contributed by atoms with van der Waals surface area (Å²) in [6, 6.07) is 5.76. The van der Waals surface area contributed by atoms with Gasteiger partial charge in [0.15, 0.2) is 6.04 Å². The van der Waals surface area contributed by atoms with Gasteiger partial charge in [-0.1, -0.05) is 25.0 Å². The molecule has 2 aliphatic carbocycles.